The van der Waals surface area contributed by atoms with E-state index in [9.17, 15) is 9.59 Å². The summed E-state index contributed by atoms with van der Waals surface area (Å²) in [6, 6.07) is 10.8. The second kappa shape index (κ2) is 15.9. The predicted octanol–water partition coefficient (Wildman–Crippen LogP) is 7.82. The number of esters is 1. The van der Waals surface area contributed by atoms with Crippen LogP contribution in [0.4, 0.5) is 0 Å². The van der Waals surface area contributed by atoms with Crippen LogP contribution in [-0.2, 0) is 16.0 Å². The first kappa shape index (κ1) is 30.9. The third-order valence-corrected chi connectivity index (χ3v) is 5.80. The van der Waals surface area contributed by atoms with Gasteiger partial charge in [-0.15, -0.1) is 0 Å². The van der Waals surface area contributed by atoms with Gasteiger partial charge in [0, 0.05) is 17.2 Å². The molecule has 6 heteroatoms. The molecule has 6 nitrogen and oxygen atoms in total. The zero-order valence-electron chi connectivity index (χ0n) is 23.9. The van der Waals surface area contributed by atoms with Gasteiger partial charge >= 0.3 is 5.97 Å². The summed E-state index contributed by atoms with van der Waals surface area (Å²) in [6.45, 7) is 12.9. The number of ether oxygens (including phenoxy) is 4. The van der Waals surface area contributed by atoms with Gasteiger partial charge in [-0.25, -0.2) is 0 Å². The van der Waals surface area contributed by atoms with Gasteiger partial charge < -0.3 is 18.9 Å². The van der Waals surface area contributed by atoms with Crippen LogP contribution in [0.2, 0.25) is 0 Å². The van der Waals surface area contributed by atoms with E-state index < -0.39 is 5.41 Å². The Kier molecular flexibility index (Phi) is 12.9. The molecule has 0 bridgehead atoms. The standard InChI is InChI=1S/C32H44O6/c1-7-10-19-35-29-22-30(36-20-11-8-2)26(21-25(29)12-9-3)15-18-28(33)24-13-16-27(17-14-24)37-23-38-31(34)32(4,5)6/h13-18,21-22H,7-12,19-20,23H2,1-6H3/b18-15+. The van der Waals surface area contributed by atoms with Gasteiger partial charge in [-0.3, -0.25) is 9.59 Å². The number of ketones is 1. The van der Waals surface area contributed by atoms with Gasteiger partial charge in [0.05, 0.1) is 18.6 Å². The zero-order valence-corrected chi connectivity index (χ0v) is 23.9. The summed E-state index contributed by atoms with van der Waals surface area (Å²) in [5, 5.41) is 0. The van der Waals surface area contributed by atoms with Gasteiger partial charge in [0.1, 0.15) is 17.2 Å². The van der Waals surface area contributed by atoms with Crippen molar-refractivity contribution < 1.29 is 28.5 Å². The van der Waals surface area contributed by atoms with E-state index in [0.717, 1.165) is 61.2 Å². The number of unbranched alkanes of at least 4 members (excludes halogenated alkanes) is 2. The average Bonchev–Trinajstić information content (AvgIpc) is 2.89. The van der Waals surface area contributed by atoms with Crippen molar-refractivity contribution in [3.8, 4) is 17.2 Å². The molecule has 0 fully saturated rings. The molecule has 0 saturated heterocycles. The molecule has 38 heavy (non-hydrogen) atoms. The van der Waals surface area contributed by atoms with Gasteiger partial charge in [-0.05, 0) is 88.1 Å². The largest absolute Gasteiger partial charge is 0.493 e. The zero-order chi connectivity index (χ0) is 28.0. The van der Waals surface area contributed by atoms with Gasteiger partial charge in [0.25, 0.3) is 0 Å². The fourth-order valence-corrected chi connectivity index (χ4v) is 3.48. The maximum absolute atomic E-state index is 12.9. The Labute approximate surface area is 228 Å². The lowest BCUT2D eigenvalue weighted by Crippen LogP contribution is -2.24. The highest BCUT2D eigenvalue weighted by atomic mass is 16.7. The van der Waals surface area contributed by atoms with Crippen LogP contribution in [0.15, 0.2) is 42.5 Å². The molecule has 0 atom stereocenters. The summed E-state index contributed by atoms with van der Waals surface area (Å²) in [4.78, 5) is 24.8. The van der Waals surface area contributed by atoms with Crippen molar-refractivity contribution >= 4 is 17.8 Å². The molecule has 0 amide bonds. The maximum atomic E-state index is 12.9. The van der Waals surface area contributed by atoms with Crippen LogP contribution in [-0.4, -0.2) is 31.8 Å². The van der Waals surface area contributed by atoms with Gasteiger partial charge in [-0.2, -0.15) is 0 Å². The molecular formula is C32H44O6. The lowest BCUT2D eigenvalue weighted by atomic mass is 9.98. The normalized spacial score (nSPS) is 11.4. The number of carbonyl (C=O) groups excluding carboxylic acids is 2. The molecule has 0 aliphatic rings. The van der Waals surface area contributed by atoms with Crippen LogP contribution in [0.25, 0.3) is 6.08 Å². The molecule has 0 aliphatic carbocycles. The van der Waals surface area contributed by atoms with Crippen LogP contribution in [0, 0.1) is 5.41 Å². The molecule has 0 aliphatic heterocycles. The summed E-state index contributed by atoms with van der Waals surface area (Å²) in [6.07, 6.45) is 9.32. The minimum Gasteiger partial charge on any atom is -0.493 e. The van der Waals surface area contributed by atoms with Crippen molar-refractivity contribution in [1.29, 1.82) is 0 Å². The average molecular weight is 525 g/mol. The topological polar surface area (TPSA) is 71.1 Å². The van der Waals surface area contributed by atoms with E-state index in [1.807, 2.05) is 12.1 Å². The van der Waals surface area contributed by atoms with Crippen molar-refractivity contribution in [1.82, 2.24) is 0 Å². The lowest BCUT2D eigenvalue weighted by Gasteiger charge is -2.16. The second-order valence-corrected chi connectivity index (χ2v) is 10.3. The van der Waals surface area contributed by atoms with Gasteiger partial charge in [0.2, 0.25) is 6.79 Å². The van der Waals surface area contributed by atoms with Crippen molar-refractivity contribution in [3.63, 3.8) is 0 Å². The van der Waals surface area contributed by atoms with Crippen molar-refractivity contribution in [2.75, 3.05) is 20.0 Å². The molecule has 2 aromatic rings. The van der Waals surface area contributed by atoms with E-state index in [1.54, 1.807) is 51.1 Å². The van der Waals surface area contributed by atoms with Crippen molar-refractivity contribution in [3.05, 3.63) is 59.2 Å². The smallest absolute Gasteiger partial charge is 0.314 e. The summed E-state index contributed by atoms with van der Waals surface area (Å²) in [7, 11) is 0. The molecule has 0 saturated carbocycles. The fourth-order valence-electron chi connectivity index (χ4n) is 3.48. The number of allylic oxidation sites excluding steroid dienone is 1. The Morgan fingerprint density at radius 2 is 1.45 bits per heavy atom. The SMILES string of the molecule is CCCCOc1cc(OCCCC)c(CCC)cc1/C=C/C(=O)c1ccc(OCOC(=O)C(C)(C)C)cc1. The molecule has 2 rings (SSSR count). The fraction of sp³-hybridized carbons (Fsp3) is 0.500. The third-order valence-electron chi connectivity index (χ3n) is 5.80. The van der Waals surface area contributed by atoms with E-state index in [2.05, 4.69) is 26.8 Å². The van der Waals surface area contributed by atoms with E-state index >= 15 is 0 Å². The summed E-state index contributed by atoms with van der Waals surface area (Å²) < 4.78 is 22.8. The Balaban J connectivity index is 2.15. The maximum Gasteiger partial charge on any atom is 0.314 e. The van der Waals surface area contributed by atoms with Gasteiger partial charge in [0.15, 0.2) is 5.78 Å². The molecular weight excluding hydrogens is 480 g/mol. The summed E-state index contributed by atoms with van der Waals surface area (Å²) in [5.74, 6) is 1.63. The number of hydrogen-bond donors (Lipinski definition) is 0. The highest BCUT2D eigenvalue weighted by molar-refractivity contribution is 6.07. The Morgan fingerprint density at radius 3 is 2.03 bits per heavy atom. The minimum absolute atomic E-state index is 0.129. The monoisotopic (exact) mass is 524 g/mol. The molecule has 208 valence electrons. The number of hydrogen-bond acceptors (Lipinski definition) is 6. The Morgan fingerprint density at radius 1 is 0.816 bits per heavy atom. The van der Waals surface area contributed by atoms with Crippen LogP contribution in [0.3, 0.4) is 0 Å². The van der Waals surface area contributed by atoms with Crippen molar-refractivity contribution in [2.45, 2.75) is 80.1 Å². The molecule has 0 spiro atoms. The molecule has 0 heterocycles. The summed E-state index contributed by atoms with van der Waals surface area (Å²) in [5.41, 5.74) is 1.92. The minimum atomic E-state index is -0.591. The first-order chi connectivity index (χ1) is 18.2. The number of rotatable bonds is 16. The number of carbonyl (C=O) groups is 2. The van der Waals surface area contributed by atoms with E-state index in [1.165, 1.54) is 0 Å². The van der Waals surface area contributed by atoms with Crippen LogP contribution in [0.5, 0.6) is 17.2 Å². The first-order valence-electron chi connectivity index (χ1n) is 13.7. The molecule has 0 unspecified atom stereocenters. The van der Waals surface area contributed by atoms with Gasteiger partial charge in [-0.1, -0.05) is 40.0 Å². The molecule has 2 aromatic carbocycles. The quantitative estimate of drug-likeness (QED) is 0.0733. The Bertz CT molecular complexity index is 1050. The number of aryl methyl sites for hydroxylation is 1. The second-order valence-electron chi connectivity index (χ2n) is 10.3. The third kappa shape index (κ3) is 10.2. The molecule has 0 N–H and O–H groups in total. The van der Waals surface area contributed by atoms with E-state index in [0.29, 0.717) is 24.5 Å². The highest BCUT2D eigenvalue weighted by Gasteiger charge is 2.23. The number of benzene rings is 2. The van der Waals surface area contributed by atoms with Crippen LogP contribution < -0.4 is 14.2 Å². The molecule has 0 aromatic heterocycles. The van der Waals surface area contributed by atoms with Crippen LogP contribution in [0.1, 0.15) is 95.1 Å². The van der Waals surface area contributed by atoms with Crippen molar-refractivity contribution in [2.24, 2.45) is 5.41 Å². The summed E-state index contributed by atoms with van der Waals surface area (Å²) >= 11 is 0. The van der Waals surface area contributed by atoms with E-state index in [4.69, 9.17) is 18.9 Å². The lowest BCUT2D eigenvalue weighted by molar-refractivity contribution is -0.159. The first-order valence-corrected chi connectivity index (χ1v) is 13.7. The predicted molar refractivity (Wildman–Crippen MR) is 152 cm³/mol. The van der Waals surface area contributed by atoms with Crippen LogP contribution >= 0.6 is 0 Å². The highest BCUT2D eigenvalue weighted by Crippen LogP contribution is 2.32. The van der Waals surface area contributed by atoms with E-state index in [-0.39, 0.29) is 18.5 Å². The molecule has 0 radical (unpaired) electrons. The Hall–Kier alpha value is -3.28.